The van der Waals surface area contributed by atoms with Gasteiger partial charge in [0.25, 0.3) is 0 Å². The second kappa shape index (κ2) is 13.2. The van der Waals surface area contributed by atoms with Crippen LogP contribution < -0.4 is 21.7 Å². The number of carboxylic acid groups (broad SMARTS) is 2. The van der Waals surface area contributed by atoms with E-state index in [-0.39, 0.29) is 24.3 Å². The van der Waals surface area contributed by atoms with Crippen LogP contribution in [0.2, 0.25) is 0 Å². The van der Waals surface area contributed by atoms with Crippen LogP contribution in [-0.2, 0) is 24.0 Å². The SMILES string of the molecule is NC(CCC(=O)O)C(=O)NC(CO)C(=O)NC(CS)C(=O)NC(CS)C(=O)O. The smallest absolute Gasteiger partial charge is 0.327 e. The molecule has 4 atom stereocenters. The molecule has 160 valence electrons. The first-order valence-corrected chi connectivity index (χ1v) is 9.27. The summed E-state index contributed by atoms with van der Waals surface area (Å²) in [5.74, 6) is -5.48. The largest absolute Gasteiger partial charge is 0.481 e. The minimum Gasteiger partial charge on any atom is -0.481 e. The number of amides is 3. The van der Waals surface area contributed by atoms with E-state index in [0.717, 1.165) is 0 Å². The van der Waals surface area contributed by atoms with Crippen LogP contribution in [0.15, 0.2) is 0 Å². The summed E-state index contributed by atoms with van der Waals surface area (Å²) in [5, 5.41) is 33.3. The topological polar surface area (TPSA) is 208 Å². The van der Waals surface area contributed by atoms with E-state index in [9.17, 15) is 29.1 Å². The zero-order valence-corrected chi connectivity index (χ0v) is 16.5. The minimum absolute atomic E-state index is 0.178. The lowest BCUT2D eigenvalue weighted by atomic mass is 10.1. The number of carboxylic acids is 2. The lowest BCUT2D eigenvalue weighted by Crippen LogP contribution is -2.58. The molecule has 4 unspecified atom stereocenters. The number of hydrogen-bond acceptors (Lipinski definition) is 9. The highest BCUT2D eigenvalue weighted by Crippen LogP contribution is 1.98. The van der Waals surface area contributed by atoms with E-state index in [1.54, 1.807) is 0 Å². The predicted molar refractivity (Wildman–Crippen MR) is 103 cm³/mol. The second-order valence-corrected chi connectivity index (χ2v) is 6.34. The lowest BCUT2D eigenvalue weighted by Gasteiger charge is -2.23. The molecule has 0 aliphatic carbocycles. The number of aliphatic carboxylic acids is 2. The van der Waals surface area contributed by atoms with Crippen molar-refractivity contribution < 1.29 is 39.3 Å². The van der Waals surface area contributed by atoms with Gasteiger partial charge in [-0.15, -0.1) is 0 Å². The third-order valence-corrected chi connectivity index (χ3v) is 4.16. The first-order valence-electron chi connectivity index (χ1n) is 8.01. The van der Waals surface area contributed by atoms with Crippen molar-refractivity contribution in [1.82, 2.24) is 16.0 Å². The molecule has 0 bridgehead atoms. The highest BCUT2D eigenvalue weighted by atomic mass is 32.1. The molecule has 0 heterocycles. The fourth-order valence-corrected chi connectivity index (χ4v) is 2.31. The molecule has 0 aliphatic heterocycles. The van der Waals surface area contributed by atoms with Gasteiger partial charge in [-0.05, 0) is 6.42 Å². The fourth-order valence-electron chi connectivity index (χ4n) is 1.81. The lowest BCUT2D eigenvalue weighted by molar-refractivity contribution is -0.141. The summed E-state index contributed by atoms with van der Waals surface area (Å²) in [5.41, 5.74) is 5.51. The van der Waals surface area contributed by atoms with Crippen LogP contribution in [0.5, 0.6) is 0 Å². The highest BCUT2D eigenvalue weighted by Gasteiger charge is 2.29. The van der Waals surface area contributed by atoms with Crippen molar-refractivity contribution in [2.75, 3.05) is 18.1 Å². The molecule has 28 heavy (non-hydrogen) atoms. The number of carbonyl (C=O) groups is 5. The number of carbonyl (C=O) groups excluding carboxylic acids is 3. The summed E-state index contributed by atoms with van der Waals surface area (Å²) in [7, 11) is 0. The van der Waals surface area contributed by atoms with Gasteiger partial charge in [-0.2, -0.15) is 25.3 Å². The Morgan fingerprint density at radius 2 is 1.29 bits per heavy atom. The summed E-state index contributed by atoms with van der Waals surface area (Å²) in [6.07, 6.45) is -0.536. The number of aliphatic hydroxyl groups is 1. The number of aliphatic hydroxyl groups excluding tert-OH is 1. The van der Waals surface area contributed by atoms with Gasteiger partial charge in [0.1, 0.15) is 18.1 Å². The van der Waals surface area contributed by atoms with Crippen LogP contribution in [0.1, 0.15) is 12.8 Å². The normalized spacial score (nSPS) is 14.9. The zero-order chi connectivity index (χ0) is 21.9. The zero-order valence-electron chi connectivity index (χ0n) is 14.7. The van der Waals surface area contributed by atoms with Crippen molar-refractivity contribution in [2.45, 2.75) is 37.0 Å². The van der Waals surface area contributed by atoms with Crippen LogP contribution in [0.4, 0.5) is 0 Å². The van der Waals surface area contributed by atoms with Gasteiger partial charge in [-0.3, -0.25) is 19.2 Å². The van der Waals surface area contributed by atoms with Crippen molar-refractivity contribution >= 4 is 54.9 Å². The first kappa shape index (κ1) is 26.0. The third-order valence-electron chi connectivity index (χ3n) is 3.43. The van der Waals surface area contributed by atoms with Crippen molar-refractivity contribution in [3.05, 3.63) is 0 Å². The van der Waals surface area contributed by atoms with E-state index >= 15 is 0 Å². The summed E-state index contributed by atoms with van der Waals surface area (Å²) in [4.78, 5) is 57.6. The van der Waals surface area contributed by atoms with Crippen LogP contribution >= 0.6 is 25.3 Å². The van der Waals surface area contributed by atoms with Gasteiger partial charge in [-0.1, -0.05) is 0 Å². The quantitative estimate of drug-likeness (QED) is 0.130. The Hall–Kier alpha value is -2.03. The molecule has 0 aliphatic rings. The molecule has 8 N–H and O–H groups in total. The Kier molecular flexibility index (Phi) is 12.2. The Bertz CT molecular complexity index is 592. The van der Waals surface area contributed by atoms with E-state index in [2.05, 4.69) is 41.2 Å². The summed E-state index contributed by atoms with van der Waals surface area (Å²) in [6, 6.07) is -5.20. The van der Waals surface area contributed by atoms with E-state index in [1.165, 1.54) is 0 Å². The van der Waals surface area contributed by atoms with Crippen molar-refractivity contribution in [1.29, 1.82) is 0 Å². The van der Waals surface area contributed by atoms with Crippen LogP contribution in [0.25, 0.3) is 0 Å². The average molecular weight is 441 g/mol. The predicted octanol–water partition coefficient (Wildman–Crippen LogP) is -3.43. The monoisotopic (exact) mass is 440 g/mol. The molecule has 0 fully saturated rings. The fraction of sp³-hybridized carbons (Fsp3) is 0.643. The molecule has 12 nitrogen and oxygen atoms in total. The number of nitrogens with one attached hydrogen (secondary N) is 3. The third kappa shape index (κ3) is 9.25. The number of thiol groups is 2. The molecule has 0 aromatic heterocycles. The Labute approximate surface area is 171 Å². The van der Waals surface area contributed by atoms with Crippen LogP contribution in [-0.4, -0.2) is 87.3 Å². The Balaban J connectivity index is 4.86. The summed E-state index contributed by atoms with van der Waals surface area (Å²) in [6.45, 7) is -0.821. The second-order valence-electron chi connectivity index (χ2n) is 5.61. The van der Waals surface area contributed by atoms with E-state index in [4.69, 9.17) is 15.9 Å². The molecule has 0 aromatic rings. The molecule has 0 saturated heterocycles. The van der Waals surface area contributed by atoms with Gasteiger partial charge >= 0.3 is 11.9 Å². The molecule has 0 radical (unpaired) electrons. The van der Waals surface area contributed by atoms with Gasteiger partial charge in [0.15, 0.2) is 0 Å². The molecular weight excluding hydrogens is 416 g/mol. The molecule has 0 saturated carbocycles. The van der Waals surface area contributed by atoms with Crippen LogP contribution in [0.3, 0.4) is 0 Å². The number of nitrogens with two attached hydrogens (primary N) is 1. The molecule has 0 rings (SSSR count). The molecule has 0 aromatic carbocycles. The van der Waals surface area contributed by atoms with Crippen LogP contribution in [0, 0.1) is 0 Å². The van der Waals surface area contributed by atoms with Gasteiger partial charge in [0.2, 0.25) is 17.7 Å². The van der Waals surface area contributed by atoms with Crippen molar-refractivity contribution in [3.8, 4) is 0 Å². The molecule has 3 amide bonds. The number of hydrogen-bond donors (Lipinski definition) is 9. The van der Waals surface area contributed by atoms with Gasteiger partial charge in [0.05, 0.1) is 12.6 Å². The van der Waals surface area contributed by atoms with Gasteiger partial charge < -0.3 is 37.0 Å². The molecular formula is C14H24N4O8S2. The van der Waals surface area contributed by atoms with Gasteiger partial charge in [0, 0.05) is 17.9 Å². The van der Waals surface area contributed by atoms with Crippen molar-refractivity contribution in [2.24, 2.45) is 5.73 Å². The number of rotatable bonds is 13. The summed E-state index contributed by atoms with van der Waals surface area (Å²) < 4.78 is 0. The first-order chi connectivity index (χ1) is 13.1. The highest BCUT2D eigenvalue weighted by molar-refractivity contribution is 7.80. The average Bonchev–Trinajstić information content (AvgIpc) is 2.65. The van der Waals surface area contributed by atoms with Crippen molar-refractivity contribution in [3.63, 3.8) is 0 Å². The maximum atomic E-state index is 12.2. The Morgan fingerprint density at radius 1 is 0.821 bits per heavy atom. The summed E-state index contributed by atoms with van der Waals surface area (Å²) >= 11 is 7.71. The maximum Gasteiger partial charge on any atom is 0.327 e. The maximum absolute atomic E-state index is 12.2. The van der Waals surface area contributed by atoms with Gasteiger partial charge in [-0.25, -0.2) is 4.79 Å². The van der Waals surface area contributed by atoms with E-state index in [1.807, 2.05) is 0 Å². The van der Waals surface area contributed by atoms with E-state index in [0.29, 0.717) is 0 Å². The van der Waals surface area contributed by atoms with E-state index < -0.39 is 60.4 Å². The minimum atomic E-state index is -1.46. The molecule has 0 spiro atoms. The Morgan fingerprint density at radius 3 is 1.71 bits per heavy atom. The molecule has 14 heteroatoms. The standard InChI is InChI=1S/C14H24N4O8S2/c15-6(1-2-10(20)21)11(22)16-7(3-19)12(23)17-8(4-27)13(24)18-9(5-28)14(25)26/h6-9,19,27-28H,1-5,15H2,(H,16,22)(H,17,23)(H,18,24)(H,20,21)(H,25,26).